The number of nitrogens with zero attached hydrogens (tertiary/aromatic N) is 3. The van der Waals surface area contributed by atoms with E-state index in [0.717, 1.165) is 85.6 Å². The van der Waals surface area contributed by atoms with Gasteiger partial charge in [0.1, 0.15) is 11.4 Å². The molecule has 0 saturated heterocycles. The van der Waals surface area contributed by atoms with Crippen molar-refractivity contribution in [3.05, 3.63) is 60.2 Å². The summed E-state index contributed by atoms with van der Waals surface area (Å²) in [4.78, 5) is 21.2. The molecule has 0 N–H and O–H groups in total. The fourth-order valence-corrected chi connectivity index (χ4v) is 8.48. The molecule has 0 radical (unpaired) electrons. The second-order valence-corrected chi connectivity index (χ2v) is 14.6. The zero-order valence-corrected chi connectivity index (χ0v) is 24.8. The van der Waals surface area contributed by atoms with E-state index in [0.29, 0.717) is 32.4 Å². The minimum atomic E-state index is -1.11. The number of rotatable bonds is 9. The van der Waals surface area contributed by atoms with Crippen LogP contribution >= 0.6 is 0 Å². The van der Waals surface area contributed by atoms with E-state index in [1.807, 2.05) is 30.0 Å². The number of anilines is 1. The Balaban J connectivity index is 1.06. The van der Waals surface area contributed by atoms with Gasteiger partial charge >= 0.3 is 0 Å². The smallest absolute Gasteiger partial charge is 0.233 e. The topological polar surface area (TPSA) is 68.5 Å². The lowest BCUT2D eigenvalue weighted by molar-refractivity contribution is -0.211. The summed E-state index contributed by atoms with van der Waals surface area (Å²) in [5, 5.41) is 4.50. The van der Waals surface area contributed by atoms with Gasteiger partial charge in [-0.2, -0.15) is 4.98 Å². The molecule has 1 amide bonds. The van der Waals surface area contributed by atoms with E-state index < -0.39 is 11.1 Å². The van der Waals surface area contributed by atoms with E-state index >= 15 is 0 Å². The number of carbonyl (C=O) groups is 1. The van der Waals surface area contributed by atoms with E-state index in [9.17, 15) is 9.18 Å². The molecule has 0 unspecified atom stereocenters. The van der Waals surface area contributed by atoms with Crippen molar-refractivity contribution in [3.8, 4) is 16.9 Å². The molecule has 7 fully saturated rings. The molecule has 7 saturated carbocycles. The van der Waals surface area contributed by atoms with Gasteiger partial charge < -0.3 is 14.2 Å². The number of carbonyl (C=O) groups excluding carboxylic acids is 1. The Morgan fingerprint density at radius 1 is 0.952 bits per heavy atom. The minimum absolute atomic E-state index is 0.00831. The summed E-state index contributed by atoms with van der Waals surface area (Å²) in [6, 6.07) is 16.4. The first kappa shape index (κ1) is 26.4. The molecule has 0 atom stereocenters. The monoisotopic (exact) mass is 569 g/mol. The van der Waals surface area contributed by atoms with E-state index in [1.165, 1.54) is 0 Å². The second-order valence-electron chi connectivity index (χ2n) is 14.6. The fourth-order valence-electron chi connectivity index (χ4n) is 8.48. The van der Waals surface area contributed by atoms with Gasteiger partial charge in [-0.25, -0.2) is 4.39 Å². The van der Waals surface area contributed by atoms with Crippen molar-refractivity contribution in [3.63, 3.8) is 0 Å². The van der Waals surface area contributed by atoms with Crippen LogP contribution in [0.1, 0.15) is 96.2 Å². The maximum Gasteiger partial charge on any atom is 0.233 e. The highest BCUT2D eigenvalue weighted by Gasteiger charge is 2.73. The van der Waals surface area contributed by atoms with E-state index in [1.54, 1.807) is 0 Å². The molecule has 3 aromatic rings. The number of halogens is 1. The molecule has 1 aromatic heterocycles. The zero-order valence-electron chi connectivity index (χ0n) is 24.8. The largest absolute Gasteiger partial charge is 0.494 e. The molecule has 7 aliphatic carbocycles. The Labute approximate surface area is 247 Å². The van der Waals surface area contributed by atoms with Gasteiger partial charge in [0, 0.05) is 23.1 Å². The number of hydrogen-bond acceptors (Lipinski definition) is 5. The maximum atomic E-state index is 14.6. The molecule has 1 heterocycles. The summed E-state index contributed by atoms with van der Waals surface area (Å²) >= 11 is 0. The molecule has 6 nitrogen and oxygen atoms in total. The number of benzene rings is 2. The van der Waals surface area contributed by atoms with Crippen LogP contribution in [0.4, 0.5) is 10.1 Å². The lowest BCUT2D eigenvalue weighted by atomic mass is 9.41. The van der Waals surface area contributed by atoms with Gasteiger partial charge in [-0.05, 0) is 118 Å². The Morgan fingerprint density at radius 2 is 1.64 bits per heavy atom. The molecule has 7 aliphatic rings. The highest BCUT2D eigenvalue weighted by atomic mass is 19.1. The van der Waals surface area contributed by atoms with Crippen molar-refractivity contribution in [2.24, 2.45) is 10.8 Å². The van der Waals surface area contributed by atoms with Crippen LogP contribution < -0.4 is 9.64 Å². The molecule has 42 heavy (non-hydrogen) atoms. The molecule has 7 heteroatoms. The standard InChI is InChI=1S/C35H40FN3O3/c1-3-41-27-9-7-24(8-10-27)25-5-4-6-26(19-25)39(30(40)34-20-35(36,21-34)22-34)23-32-13-16-33(17-14-32,18-15-32)28-37-29(42-38-28)31(2)11-12-31/h4-10,19H,3,11-18,20-23H2,1-2H3. The van der Waals surface area contributed by atoms with Gasteiger partial charge in [-0.1, -0.05) is 36.3 Å². The summed E-state index contributed by atoms with van der Waals surface area (Å²) in [5.41, 5.74) is 1.56. The van der Waals surface area contributed by atoms with Crippen LogP contribution in [0.15, 0.2) is 53.1 Å². The highest BCUT2D eigenvalue weighted by Crippen LogP contribution is 2.70. The molecule has 0 spiro atoms. The number of amides is 1. The van der Waals surface area contributed by atoms with Gasteiger partial charge in [0.05, 0.1) is 12.0 Å². The first-order chi connectivity index (χ1) is 20.2. The third-order valence-electron chi connectivity index (χ3n) is 11.6. The number of aromatic nitrogens is 2. The van der Waals surface area contributed by atoms with Crippen LogP contribution in [-0.2, 0) is 15.6 Å². The molecular weight excluding hydrogens is 529 g/mol. The Morgan fingerprint density at radius 3 is 2.26 bits per heavy atom. The lowest BCUT2D eigenvalue weighted by Crippen LogP contribution is -2.71. The lowest BCUT2D eigenvalue weighted by Gasteiger charge is -2.65. The molecule has 220 valence electrons. The zero-order chi connectivity index (χ0) is 28.8. The van der Waals surface area contributed by atoms with Crippen LogP contribution in [0.3, 0.4) is 0 Å². The normalized spacial score (nSPS) is 33.4. The van der Waals surface area contributed by atoms with Crippen molar-refractivity contribution < 1.29 is 18.4 Å². The quantitative estimate of drug-likeness (QED) is 0.264. The second kappa shape index (κ2) is 8.90. The predicted molar refractivity (Wildman–Crippen MR) is 158 cm³/mol. The Hall–Kier alpha value is -3.22. The molecule has 2 aromatic carbocycles. The first-order valence-corrected chi connectivity index (χ1v) is 15.9. The highest BCUT2D eigenvalue weighted by molar-refractivity contribution is 6.00. The fraction of sp³-hybridized carbons (Fsp3) is 0.571. The van der Waals surface area contributed by atoms with Crippen LogP contribution in [0.25, 0.3) is 11.1 Å². The third-order valence-corrected chi connectivity index (χ3v) is 11.6. The minimum Gasteiger partial charge on any atom is -0.494 e. The SMILES string of the molecule is CCOc1ccc(-c2cccc(N(CC34CCC(c5noc(C6(C)CC6)n5)(CC3)CC4)C(=O)C34CC(F)(C3)C4)c2)cc1. The summed E-state index contributed by atoms with van der Waals surface area (Å²) in [6.07, 6.45) is 9.57. The third kappa shape index (κ3) is 4.05. The van der Waals surface area contributed by atoms with Crippen molar-refractivity contribution in [2.45, 2.75) is 101 Å². The molecule has 10 rings (SSSR count). The molecular formula is C35H40FN3O3. The van der Waals surface area contributed by atoms with Crippen molar-refractivity contribution in [2.75, 3.05) is 18.1 Å². The van der Waals surface area contributed by atoms with E-state index in [2.05, 4.69) is 42.4 Å². The molecule has 0 aliphatic heterocycles. The Kier molecular flexibility index (Phi) is 5.60. The molecule has 4 bridgehead atoms. The van der Waals surface area contributed by atoms with Crippen molar-refractivity contribution >= 4 is 11.6 Å². The first-order valence-electron chi connectivity index (χ1n) is 15.9. The van der Waals surface area contributed by atoms with Gasteiger partial charge in [0.15, 0.2) is 5.82 Å². The summed E-state index contributed by atoms with van der Waals surface area (Å²) < 4.78 is 26.0. The predicted octanol–water partition coefficient (Wildman–Crippen LogP) is 7.70. The van der Waals surface area contributed by atoms with Gasteiger partial charge in [-0.3, -0.25) is 4.79 Å². The number of fused-ring (bicyclic) bond motifs is 3. The van der Waals surface area contributed by atoms with Crippen LogP contribution in [0.2, 0.25) is 0 Å². The van der Waals surface area contributed by atoms with E-state index in [-0.39, 0.29) is 22.2 Å². The summed E-state index contributed by atoms with van der Waals surface area (Å²) in [5.74, 6) is 2.67. The Bertz CT molecular complexity index is 1500. The van der Waals surface area contributed by atoms with Crippen LogP contribution in [0, 0.1) is 10.8 Å². The maximum absolute atomic E-state index is 14.6. The van der Waals surface area contributed by atoms with Crippen molar-refractivity contribution in [1.82, 2.24) is 10.1 Å². The summed E-state index contributed by atoms with van der Waals surface area (Å²) in [7, 11) is 0. The van der Waals surface area contributed by atoms with E-state index in [4.69, 9.17) is 14.2 Å². The van der Waals surface area contributed by atoms with Gasteiger partial charge in [0.25, 0.3) is 0 Å². The average Bonchev–Trinajstić information content (AvgIpc) is 3.52. The summed E-state index contributed by atoms with van der Waals surface area (Å²) in [6.45, 7) is 5.51. The number of hydrogen-bond donors (Lipinski definition) is 0. The van der Waals surface area contributed by atoms with Crippen LogP contribution in [0.5, 0.6) is 5.75 Å². The van der Waals surface area contributed by atoms with Gasteiger partial charge in [-0.15, -0.1) is 0 Å². The number of alkyl halides is 1. The van der Waals surface area contributed by atoms with Crippen LogP contribution in [-0.4, -0.2) is 34.9 Å². The number of ether oxygens (including phenoxy) is 1. The van der Waals surface area contributed by atoms with Crippen molar-refractivity contribution in [1.29, 1.82) is 0 Å². The van der Waals surface area contributed by atoms with Gasteiger partial charge in [0.2, 0.25) is 11.8 Å². The average molecular weight is 570 g/mol.